The van der Waals surface area contributed by atoms with Crippen LogP contribution in [0.2, 0.25) is 0 Å². The fourth-order valence-corrected chi connectivity index (χ4v) is 4.08. The summed E-state index contributed by atoms with van der Waals surface area (Å²) < 4.78 is 5.24. The number of anilines is 1. The molecule has 0 atom stereocenters. The number of thiazole rings is 1. The molecular weight excluding hydrogens is 473 g/mol. The highest BCUT2D eigenvalue weighted by Gasteiger charge is 2.20. The zero-order valence-corrected chi connectivity index (χ0v) is 19.5. The molecule has 1 aromatic carbocycles. The summed E-state index contributed by atoms with van der Waals surface area (Å²) in [6.07, 6.45) is 0. The number of benzene rings is 1. The average Bonchev–Trinajstić information content (AvgIpc) is 3.00. The van der Waals surface area contributed by atoms with E-state index < -0.39 is 0 Å². The molecule has 27 heavy (non-hydrogen) atoms. The first-order valence-electron chi connectivity index (χ1n) is 8.88. The Kier molecular flexibility index (Phi) is 8.15. The third-order valence-corrected chi connectivity index (χ3v) is 5.71. The maximum absolute atomic E-state index is 5.24. The summed E-state index contributed by atoms with van der Waals surface area (Å²) >= 11 is 1.75. The van der Waals surface area contributed by atoms with E-state index in [4.69, 9.17) is 4.74 Å². The summed E-state index contributed by atoms with van der Waals surface area (Å²) in [5.74, 6) is 1.86. The van der Waals surface area contributed by atoms with E-state index >= 15 is 0 Å². The standard InChI is InChI=1S/C19H27N5OS.HI/c1-14-18(26-15(2)22-14)13-21-19(20-3)24-11-9-23(10-12-24)16-5-7-17(25-4)8-6-16;/h5-8H,9-13H2,1-4H3,(H,20,21);1H. The number of nitrogens with one attached hydrogen (secondary N) is 1. The minimum atomic E-state index is 0. The van der Waals surface area contributed by atoms with Crippen LogP contribution in [0.3, 0.4) is 0 Å². The normalized spacial score (nSPS) is 14.7. The highest BCUT2D eigenvalue weighted by molar-refractivity contribution is 14.0. The van der Waals surface area contributed by atoms with Gasteiger partial charge in [0.05, 0.1) is 24.4 Å². The quantitative estimate of drug-likeness (QED) is 0.396. The second kappa shape index (κ2) is 10.1. The maximum Gasteiger partial charge on any atom is 0.194 e. The summed E-state index contributed by atoms with van der Waals surface area (Å²) in [4.78, 5) is 15.0. The van der Waals surface area contributed by atoms with Crippen molar-refractivity contribution in [3.05, 3.63) is 39.8 Å². The van der Waals surface area contributed by atoms with Crippen LogP contribution in [0.15, 0.2) is 29.3 Å². The predicted molar refractivity (Wildman–Crippen MR) is 124 cm³/mol. The molecule has 1 aromatic heterocycles. The van der Waals surface area contributed by atoms with E-state index in [1.165, 1.54) is 10.6 Å². The predicted octanol–water partition coefficient (Wildman–Crippen LogP) is 3.28. The molecule has 0 radical (unpaired) electrons. The molecule has 3 rings (SSSR count). The number of hydrogen-bond acceptors (Lipinski definition) is 5. The molecule has 1 aliphatic heterocycles. The van der Waals surface area contributed by atoms with Gasteiger partial charge in [-0.1, -0.05) is 0 Å². The summed E-state index contributed by atoms with van der Waals surface area (Å²) in [5, 5.41) is 4.60. The lowest BCUT2D eigenvalue weighted by Gasteiger charge is -2.37. The van der Waals surface area contributed by atoms with Crippen molar-refractivity contribution in [3.63, 3.8) is 0 Å². The number of aliphatic imine (C=N–C) groups is 1. The minimum absolute atomic E-state index is 0. The van der Waals surface area contributed by atoms with Gasteiger partial charge in [-0.3, -0.25) is 4.99 Å². The Morgan fingerprint density at radius 2 is 1.85 bits per heavy atom. The van der Waals surface area contributed by atoms with Crippen LogP contribution in [0.1, 0.15) is 15.6 Å². The number of rotatable bonds is 4. The second-order valence-electron chi connectivity index (χ2n) is 6.31. The lowest BCUT2D eigenvalue weighted by molar-refractivity contribution is 0.372. The van der Waals surface area contributed by atoms with Crippen molar-refractivity contribution in [2.75, 3.05) is 45.2 Å². The van der Waals surface area contributed by atoms with Crippen molar-refractivity contribution in [2.24, 2.45) is 4.99 Å². The number of guanidine groups is 1. The molecule has 2 aromatic rings. The van der Waals surface area contributed by atoms with Crippen molar-refractivity contribution < 1.29 is 4.74 Å². The Balaban J connectivity index is 0.00000261. The molecule has 6 nitrogen and oxygen atoms in total. The van der Waals surface area contributed by atoms with Crippen LogP contribution in [0, 0.1) is 13.8 Å². The molecule has 1 N–H and O–H groups in total. The SMILES string of the molecule is CN=C(NCc1sc(C)nc1C)N1CCN(c2ccc(OC)cc2)CC1.I. The fourth-order valence-electron chi connectivity index (χ4n) is 3.20. The van der Waals surface area contributed by atoms with Gasteiger partial charge in [0.15, 0.2) is 5.96 Å². The van der Waals surface area contributed by atoms with Crippen molar-refractivity contribution in [1.29, 1.82) is 0 Å². The Labute approximate surface area is 182 Å². The zero-order chi connectivity index (χ0) is 18.5. The summed E-state index contributed by atoms with van der Waals surface area (Å²) in [7, 11) is 3.55. The number of ether oxygens (including phenoxy) is 1. The molecule has 0 aliphatic carbocycles. The van der Waals surface area contributed by atoms with Crippen LogP contribution < -0.4 is 15.0 Å². The summed E-state index contributed by atoms with van der Waals surface area (Å²) in [6.45, 7) is 8.75. The van der Waals surface area contributed by atoms with E-state index in [2.05, 4.69) is 44.1 Å². The fraction of sp³-hybridized carbons (Fsp3) is 0.474. The molecule has 1 fully saturated rings. The molecular formula is C19H28IN5OS. The summed E-state index contributed by atoms with van der Waals surface area (Å²) in [5.41, 5.74) is 2.35. The van der Waals surface area contributed by atoms with E-state index in [0.717, 1.165) is 55.1 Å². The Bertz CT molecular complexity index is 754. The van der Waals surface area contributed by atoms with Gasteiger partial charge in [-0.25, -0.2) is 4.98 Å². The molecule has 2 heterocycles. The topological polar surface area (TPSA) is 53.0 Å². The van der Waals surface area contributed by atoms with E-state index in [1.807, 2.05) is 26.1 Å². The smallest absolute Gasteiger partial charge is 0.194 e. The van der Waals surface area contributed by atoms with Crippen LogP contribution in [-0.2, 0) is 6.54 Å². The number of hydrogen-bond donors (Lipinski definition) is 1. The molecule has 0 spiro atoms. The third kappa shape index (κ3) is 5.47. The Hall–Kier alpha value is -1.55. The molecule has 148 valence electrons. The number of methoxy groups -OCH3 is 1. The Morgan fingerprint density at radius 3 is 2.37 bits per heavy atom. The molecule has 0 saturated carbocycles. The van der Waals surface area contributed by atoms with Crippen LogP contribution in [0.25, 0.3) is 0 Å². The van der Waals surface area contributed by atoms with Crippen molar-refractivity contribution in [3.8, 4) is 5.75 Å². The van der Waals surface area contributed by atoms with Gasteiger partial charge in [0.1, 0.15) is 5.75 Å². The van der Waals surface area contributed by atoms with Crippen molar-refractivity contribution in [2.45, 2.75) is 20.4 Å². The Morgan fingerprint density at radius 1 is 1.19 bits per heavy atom. The maximum atomic E-state index is 5.24. The monoisotopic (exact) mass is 501 g/mol. The van der Waals surface area contributed by atoms with Gasteiger partial charge in [-0.05, 0) is 38.1 Å². The number of halogens is 1. The number of aromatic nitrogens is 1. The molecule has 8 heteroatoms. The van der Waals surface area contributed by atoms with Gasteiger partial charge < -0.3 is 19.9 Å². The first-order valence-corrected chi connectivity index (χ1v) is 9.70. The van der Waals surface area contributed by atoms with E-state index in [1.54, 1.807) is 18.4 Å². The van der Waals surface area contributed by atoms with E-state index in [9.17, 15) is 0 Å². The third-order valence-electron chi connectivity index (χ3n) is 4.64. The first kappa shape index (κ1) is 21.7. The van der Waals surface area contributed by atoms with Crippen LogP contribution >= 0.6 is 35.3 Å². The lowest BCUT2D eigenvalue weighted by Crippen LogP contribution is -2.52. The number of nitrogens with zero attached hydrogens (tertiary/aromatic N) is 4. The van der Waals surface area contributed by atoms with E-state index in [-0.39, 0.29) is 24.0 Å². The van der Waals surface area contributed by atoms with E-state index in [0.29, 0.717) is 0 Å². The molecule has 0 bridgehead atoms. The van der Waals surface area contributed by atoms with Gasteiger partial charge in [0.2, 0.25) is 0 Å². The summed E-state index contributed by atoms with van der Waals surface area (Å²) in [6, 6.07) is 8.27. The average molecular weight is 501 g/mol. The van der Waals surface area contributed by atoms with Crippen molar-refractivity contribution >= 4 is 47.0 Å². The number of piperazine rings is 1. The van der Waals surface area contributed by atoms with Crippen molar-refractivity contribution in [1.82, 2.24) is 15.2 Å². The van der Waals surface area contributed by atoms with Gasteiger partial charge in [0, 0.05) is 43.8 Å². The zero-order valence-electron chi connectivity index (χ0n) is 16.4. The van der Waals surface area contributed by atoms with Crippen LogP contribution in [0.4, 0.5) is 5.69 Å². The highest BCUT2D eigenvalue weighted by atomic mass is 127. The number of aryl methyl sites for hydroxylation is 2. The van der Waals surface area contributed by atoms with Gasteiger partial charge in [-0.15, -0.1) is 35.3 Å². The molecule has 0 amide bonds. The minimum Gasteiger partial charge on any atom is -0.497 e. The molecule has 0 unspecified atom stereocenters. The first-order chi connectivity index (χ1) is 12.6. The van der Waals surface area contributed by atoms with Gasteiger partial charge in [0.25, 0.3) is 0 Å². The van der Waals surface area contributed by atoms with Gasteiger partial charge >= 0.3 is 0 Å². The van der Waals surface area contributed by atoms with Crippen LogP contribution in [0.5, 0.6) is 5.75 Å². The lowest BCUT2D eigenvalue weighted by atomic mass is 10.2. The molecule has 1 aliphatic rings. The van der Waals surface area contributed by atoms with Gasteiger partial charge in [-0.2, -0.15) is 0 Å². The highest BCUT2D eigenvalue weighted by Crippen LogP contribution is 2.21. The molecule has 1 saturated heterocycles. The second-order valence-corrected chi connectivity index (χ2v) is 7.60. The van der Waals surface area contributed by atoms with Crippen LogP contribution in [-0.4, -0.2) is 56.2 Å². The largest absolute Gasteiger partial charge is 0.497 e.